The van der Waals surface area contributed by atoms with Crippen LogP contribution in [0.5, 0.6) is 0 Å². The summed E-state index contributed by atoms with van der Waals surface area (Å²) in [6, 6.07) is -1.02. The first-order valence-electron chi connectivity index (χ1n) is 5.31. The SMILES string of the molecule is C=CCC(N)C(=O)NC(C)c1nc(C(=O)O)cs1. The number of carbonyl (C=O) groups is 2. The number of nitrogens with zero attached hydrogens (tertiary/aromatic N) is 1. The normalized spacial score (nSPS) is 13.7. The van der Waals surface area contributed by atoms with Crippen LogP contribution in [0.25, 0.3) is 0 Å². The van der Waals surface area contributed by atoms with Gasteiger partial charge in [0.15, 0.2) is 5.69 Å². The van der Waals surface area contributed by atoms with Gasteiger partial charge in [0.05, 0.1) is 12.1 Å². The van der Waals surface area contributed by atoms with Gasteiger partial charge in [-0.3, -0.25) is 4.79 Å². The number of hydrogen-bond donors (Lipinski definition) is 3. The van der Waals surface area contributed by atoms with Crippen molar-refractivity contribution in [1.29, 1.82) is 0 Å². The summed E-state index contributed by atoms with van der Waals surface area (Å²) < 4.78 is 0. The summed E-state index contributed by atoms with van der Waals surface area (Å²) in [7, 11) is 0. The van der Waals surface area contributed by atoms with Gasteiger partial charge in [-0.2, -0.15) is 0 Å². The Bertz CT molecular complexity index is 458. The van der Waals surface area contributed by atoms with Gasteiger partial charge >= 0.3 is 5.97 Å². The number of carboxylic acid groups (broad SMARTS) is 1. The van der Waals surface area contributed by atoms with Crippen molar-refractivity contribution in [2.45, 2.75) is 25.4 Å². The molecule has 0 fully saturated rings. The highest BCUT2D eigenvalue weighted by Gasteiger charge is 2.18. The molecule has 7 heteroatoms. The third-order valence-corrected chi connectivity index (χ3v) is 3.26. The van der Waals surface area contributed by atoms with Gasteiger partial charge in [0.2, 0.25) is 5.91 Å². The minimum absolute atomic E-state index is 0.0218. The Hall–Kier alpha value is -1.73. The molecular formula is C11H15N3O3S. The van der Waals surface area contributed by atoms with Gasteiger partial charge < -0.3 is 16.2 Å². The van der Waals surface area contributed by atoms with Crippen LogP contribution in [0.3, 0.4) is 0 Å². The van der Waals surface area contributed by atoms with Crippen LogP contribution < -0.4 is 11.1 Å². The Labute approximate surface area is 109 Å². The standard InChI is InChI=1S/C11H15N3O3S/c1-3-4-7(12)9(15)13-6(2)10-14-8(5-18-10)11(16)17/h3,5-7H,1,4,12H2,2H3,(H,13,15)(H,16,17). The molecule has 0 spiro atoms. The summed E-state index contributed by atoms with van der Waals surface area (Å²) in [6.07, 6.45) is 1.96. The van der Waals surface area contributed by atoms with E-state index in [9.17, 15) is 9.59 Å². The predicted molar refractivity (Wildman–Crippen MR) is 68.4 cm³/mol. The minimum Gasteiger partial charge on any atom is -0.476 e. The van der Waals surface area contributed by atoms with Gasteiger partial charge in [-0.05, 0) is 13.3 Å². The van der Waals surface area contributed by atoms with E-state index in [0.717, 1.165) is 0 Å². The fourth-order valence-corrected chi connectivity index (χ4v) is 2.05. The monoisotopic (exact) mass is 269 g/mol. The number of nitrogens with two attached hydrogens (primary N) is 1. The highest BCUT2D eigenvalue weighted by Crippen LogP contribution is 2.18. The molecule has 1 aromatic rings. The second kappa shape index (κ2) is 6.27. The van der Waals surface area contributed by atoms with E-state index in [4.69, 9.17) is 10.8 Å². The Morgan fingerprint density at radius 3 is 2.89 bits per heavy atom. The summed E-state index contributed by atoms with van der Waals surface area (Å²) in [6.45, 7) is 5.23. The number of aromatic nitrogens is 1. The molecule has 1 heterocycles. The zero-order chi connectivity index (χ0) is 13.7. The van der Waals surface area contributed by atoms with Crippen molar-refractivity contribution < 1.29 is 14.7 Å². The van der Waals surface area contributed by atoms with E-state index in [1.807, 2.05) is 0 Å². The molecule has 0 aliphatic heterocycles. The van der Waals surface area contributed by atoms with E-state index in [2.05, 4.69) is 16.9 Å². The second-order valence-corrected chi connectivity index (χ2v) is 4.63. The van der Waals surface area contributed by atoms with Crippen LogP contribution in [-0.4, -0.2) is 28.0 Å². The number of carbonyl (C=O) groups excluding carboxylic acids is 1. The first kappa shape index (κ1) is 14.3. The maximum Gasteiger partial charge on any atom is 0.355 e. The molecule has 0 aliphatic carbocycles. The van der Waals surface area contributed by atoms with Crippen molar-refractivity contribution in [3.8, 4) is 0 Å². The molecule has 6 nitrogen and oxygen atoms in total. The summed E-state index contributed by atoms with van der Waals surface area (Å²) in [5.74, 6) is -1.39. The summed E-state index contributed by atoms with van der Waals surface area (Å²) in [4.78, 5) is 26.2. The van der Waals surface area contributed by atoms with E-state index in [-0.39, 0.29) is 17.6 Å². The van der Waals surface area contributed by atoms with Crippen molar-refractivity contribution >= 4 is 23.2 Å². The highest BCUT2D eigenvalue weighted by atomic mass is 32.1. The maximum atomic E-state index is 11.6. The van der Waals surface area contributed by atoms with Crippen LogP contribution in [0.2, 0.25) is 0 Å². The lowest BCUT2D eigenvalue weighted by Crippen LogP contribution is -2.41. The zero-order valence-electron chi connectivity index (χ0n) is 9.92. The van der Waals surface area contributed by atoms with E-state index < -0.39 is 12.0 Å². The fraction of sp³-hybridized carbons (Fsp3) is 0.364. The first-order valence-corrected chi connectivity index (χ1v) is 6.19. The van der Waals surface area contributed by atoms with E-state index in [1.54, 1.807) is 13.0 Å². The Morgan fingerprint density at radius 1 is 1.72 bits per heavy atom. The first-order chi connectivity index (χ1) is 8.45. The molecular weight excluding hydrogens is 254 g/mol. The van der Waals surface area contributed by atoms with Crippen molar-refractivity contribution in [3.63, 3.8) is 0 Å². The van der Waals surface area contributed by atoms with Crippen molar-refractivity contribution in [3.05, 3.63) is 28.7 Å². The van der Waals surface area contributed by atoms with Crippen LogP contribution in [0.1, 0.15) is 34.9 Å². The zero-order valence-corrected chi connectivity index (χ0v) is 10.7. The van der Waals surface area contributed by atoms with Gasteiger partial charge in [0.25, 0.3) is 0 Å². The lowest BCUT2D eigenvalue weighted by Gasteiger charge is -2.14. The van der Waals surface area contributed by atoms with Gasteiger partial charge in [-0.1, -0.05) is 6.08 Å². The maximum absolute atomic E-state index is 11.6. The lowest BCUT2D eigenvalue weighted by molar-refractivity contribution is -0.122. The third kappa shape index (κ3) is 3.64. The van der Waals surface area contributed by atoms with Gasteiger partial charge in [0, 0.05) is 5.38 Å². The smallest absolute Gasteiger partial charge is 0.355 e. The van der Waals surface area contributed by atoms with Crippen LogP contribution >= 0.6 is 11.3 Å². The molecule has 2 unspecified atom stereocenters. The number of thiazole rings is 1. The number of rotatable bonds is 6. The van der Waals surface area contributed by atoms with E-state index in [1.165, 1.54) is 16.7 Å². The van der Waals surface area contributed by atoms with E-state index in [0.29, 0.717) is 11.4 Å². The fourth-order valence-electron chi connectivity index (χ4n) is 1.25. The van der Waals surface area contributed by atoms with Crippen LogP contribution in [0.4, 0.5) is 0 Å². The molecule has 1 amide bonds. The molecule has 98 valence electrons. The Kier molecular flexibility index (Phi) is 4.99. The average Bonchev–Trinajstić information content (AvgIpc) is 2.78. The molecule has 0 saturated heterocycles. The molecule has 18 heavy (non-hydrogen) atoms. The second-order valence-electron chi connectivity index (χ2n) is 3.74. The largest absolute Gasteiger partial charge is 0.476 e. The lowest BCUT2D eigenvalue weighted by atomic mass is 10.2. The summed E-state index contributed by atoms with van der Waals surface area (Å²) >= 11 is 1.19. The molecule has 0 aromatic carbocycles. The molecule has 0 saturated carbocycles. The number of amides is 1. The molecule has 1 aromatic heterocycles. The molecule has 1 rings (SSSR count). The summed E-state index contributed by atoms with van der Waals surface area (Å²) in [5, 5.41) is 13.4. The van der Waals surface area contributed by atoms with Gasteiger partial charge in [-0.25, -0.2) is 9.78 Å². The Balaban J connectivity index is 2.64. The van der Waals surface area contributed by atoms with Gasteiger partial charge in [0.1, 0.15) is 5.01 Å². The van der Waals surface area contributed by atoms with Crippen LogP contribution in [-0.2, 0) is 4.79 Å². The third-order valence-electron chi connectivity index (χ3n) is 2.23. The number of carboxylic acids is 1. The minimum atomic E-state index is -1.08. The summed E-state index contributed by atoms with van der Waals surface area (Å²) in [5.41, 5.74) is 5.59. The Morgan fingerprint density at radius 2 is 2.39 bits per heavy atom. The van der Waals surface area contributed by atoms with Crippen molar-refractivity contribution in [1.82, 2.24) is 10.3 Å². The number of hydrogen-bond acceptors (Lipinski definition) is 5. The molecule has 0 aliphatic rings. The van der Waals surface area contributed by atoms with Crippen molar-refractivity contribution in [2.24, 2.45) is 5.73 Å². The number of aromatic carboxylic acids is 1. The quantitative estimate of drug-likeness (QED) is 0.666. The van der Waals surface area contributed by atoms with Crippen molar-refractivity contribution in [2.75, 3.05) is 0 Å². The van der Waals surface area contributed by atoms with Crippen LogP contribution in [0, 0.1) is 0 Å². The van der Waals surface area contributed by atoms with Gasteiger partial charge in [-0.15, -0.1) is 17.9 Å². The highest BCUT2D eigenvalue weighted by molar-refractivity contribution is 7.09. The topological polar surface area (TPSA) is 105 Å². The molecule has 0 bridgehead atoms. The van der Waals surface area contributed by atoms with E-state index >= 15 is 0 Å². The number of nitrogens with one attached hydrogen (secondary N) is 1. The van der Waals surface area contributed by atoms with Crippen LogP contribution in [0.15, 0.2) is 18.0 Å². The molecule has 4 N–H and O–H groups in total. The molecule has 0 radical (unpaired) electrons. The molecule has 2 atom stereocenters. The predicted octanol–water partition coefficient (Wildman–Crippen LogP) is 0.922. The average molecular weight is 269 g/mol.